The molecule has 2 amide bonds. The first kappa shape index (κ1) is 15.8. The topological polar surface area (TPSA) is 67.4 Å². The predicted molar refractivity (Wildman–Crippen MR) is 83.2 cm³/mol. The van der Waals surface area contributed by atoms with E-state index in [0.717, 1.165) is 45.1 Å². The zero-order valence-corrected chi connectivity index (χ0v) is 13.7. The van der Waals surface area contributed by atoms with Gasteiger partial charge in [0.25, 0.3) is 0 Å². The second-order valence-electron chi connectivity index (χ2n) is 7.19. The van der Waals surface area contributed by atoms with Crippen LogP contribution in [0.5, 0.6) is 0 Å². The molecular formula is C17H28N2O3. The van der Waals surface area contributed by atoms with Crippen LogP contribution in [-0.4, -0.2) is 36.6 Å². The highest BCUT2D eigenvalue weighted by atomic mass is 16.5. The van der Waals surface area contributed by atoms with Gasteiger partial charge in [0.2, 0.25) is 11.8 Å². The molecule has 3 rings (SSSR count). The first-order valence-electron chi connectivity index (χ1n) is 8.79. The molecule has 0 bridgehead atoms. The standard InChI is InChI=1S/C17H28N2O3/c1-3-22-14-10-13(17(14)8-5-9-17)19-15(20)11(2)18-16(21)12-6-4-7-12/h11-14H,3-10H2,1-2H3,(H,18,21)(H,19,20)/t11-,13-,14+/m0/s1. The fraction of sp³-hybridized carbons (Fsp3) is 0.882. The van der Waals surface area contributed by atoms with E-state index in [2.05, 4.69) is 10.6 Å². The van der Waals surface area contributed by atoms with Crippen LogP contribution in [0.1, 0.15) is 58.8 Å². The Kier molecular flexibility index (Phi) is 4.44. The van der Waals surface area contributed by atoms with E-state index in [-0.39, 0.29) is 29.2 Å². The van der Waals surface area contributed by atoms with E-state index in [0.29, 0.717) is 6.10 Å². The van der Waals surface area contributed by atoms with Crippen molar-refractivity contribution in [2.24, 2.45) is 11.3 Å². The first-order valence-corrected chi connectivity index (χ1v) is 8.79. The van der Waals surface area contributed by atoms with Gasteiger partial charge in [-0.05, 0) is 46.0 Å². The Labute approximate surface area is 132 Å². The monoisotopic (exact) mass is 308 g/mol. The van der Waals surface area contributed by atoms with E-state index in [4.69, 9.17) is 4.74 Å². The highest BCUT2D eigenvalue weighted by Gasteiger charge is 2.59. The smallest absolute Gasteiger partial charge is 0.242 e. The molecular weight excluding hydrogens is 280 g/mol. The van der Waals surface area contributed by atoms with E-state index >= 15 is 0 Å². The van der Waals surface area contributed by atoms with Crippen LogP contribution in [0.2, 0.25) is 0 Å². The van der Waals surface area contributed by atoms with Gasteiger partial charge in [0, 0.05) is 24.0 Å². The number of hydrogen-bond acceptors (Lipinski definition) is 3. The summed E-state index contributed by atoms with van der Waals surface area (Å²) in [7, 11) is 0. The Bertz CT molecular complexity index is 443. The molecule has 3 saturated carbocycles. The maximum atomic E-state index is 12.3. The molecule has 0 aromatic rings. The Hall–Kier alpha value is -1.10. The Balaban J connectivity index is 1.48. The Morgan fingerprint density at radius 2 is 2.00 bits per heavy atom. The van der Waals surface area contributed by atoms with E-state index < -0.39 is 6.04 Å². The van der Waals surface area contributed by atoms with Gasteiger partial charge >= 0.3 is 0 Å². The molecule has 0 heterocycles. The minimum absolute atomic E-state index is 0.0352. The van der Waals surface area contributed by atoms with Gasteiger partial charge in [-0.2, -0.15) is 0 Å². The van der Waals surface area contributed by atoms with Gasteiger partial charge in [0.05, 0.1) is 6.10 Å². The number of carbonyl (C=O) groups excluding carboxylic acids is 2. The van der Waals surface area contributed by atoms with E-state index in [9.17, 15) is 9.59 Å². The fourth-order valence-corrected chi connectivity index (χ4v) is 4.00. The zero-order chi connectivity index (χ0) is 15.7. The third kappa shape index (κ3) is 2.64. The summed E-state index contributed by atoms with van der Waals surface area (Å²) < 4.78 is 5.80. The number of amides is 2. The van der Waals surface area contributed by atoms with Crippen molar-refractivity contribution in [3.05, 3.63) is 0 Å². The SMILES string of the molecule is CCO[C@@H]1C[C@H](NC(=O)[C@H](C)NC(=O)C2CCC2)C12CCC2. The molecule has 3 aliphatic rings. The number of rotatable bonds is 6. The van der Waals surface area contributed by atoms with Crippen molar-refractivity contribution in [2.45, 2.75) is 77.0 Å². The molecule has 5 nitrogen and oxygen atoms in total. The van der Waals surface area contributed by atoms with Crippen molar-refractivity contribution in [2.75, 3.05) is 6.61 Å². The molecule has 3 atom stereocenters. The van der Waals surface area contributed by atoms with E-state index in [1.54, 1.807) is 6.92 Å². The largest absolute Gasteiger partial charge is 0.378 e. The predicted octanol–water partition coefficient (Wildman–Crippen LogP) is 1.76. The molecule has 0 saturated heterocycles. The molecule has 22 heavy (non-hydrogen) atoms. The average Bonchev–Trinajstić information content (AvgIpc) is 2.32. The van der Waals surface area contributed by atoms with E-state index in [1.165, 1.54) is 6.42 Å². The maximum Gasteiger partial charge on any atom is 0.242 e. The molecule has 0 aliphatic heterocycles. The molecule has 2 N–H and O–H groups in total. The average molecular weight is 308 g/mol. The first-order chi connectivity index (χ1) is 10.6. The summed E-state index contributed by atoms with van der Waals surface area (Å²) in [6, 6.07) is -0.232. The van der Waals surface area contributed by atoms with Gasteiger partial charge in [-0.25, -0.2) is 0 Å². The van der Waals surface area contributed by atoms with Crippen LogP contribution >= 0.6 is 0 Å². The Morgan fingerprint density at radius 1 is 1.27 bits per heavy atom. The third-order valence-corrected chi connectivity index (χ3v) is 5.98. The number of ether oxygens (including phenoxy) is 1. The lowest BCUT2D eigenvalue weighted by Crippen LogP contribution is -2.68. The number of nitrogens with one attached hydrogen (secondary N) is 2. The molecule has 1 spiro atoms. The second kappa shape index (κ2) is 6.19. The van der Waals surface area contributed by atoms with Gasteiger partial charge in [0.15, 0.2) is 0 Å². The van der Waals surface area contributed by atoms with Crippen LogP contribution < -0.4 is 10.6 Å². The van der Waals surface area contributed by atoms with Gasteiger partial charge in [0.1, 0.15) is 6.04 Å². The quantitative estimate of drug-likeness (QED) is 0.785. The summed E-state index contributed by atoms with van der Waals surface area (Å²) in [5, 5.41) is 6.00. The minimum atomic E-state index is -0.448. The second-order valence-corrected chi connectivity index (χ2v) is 7.19. The van der Waals surface area contributed by atoms with Crippen LogP contribution in [0, 0.1) is 11.3 Å². The molecule has 124 valence electrons. The van der Waals surface area contributed by atoms with E-state index in [1.807, 2.05) is 6.92 Å². The molecule has 3 aliphatic carbocycles. The fourth-order valence-electron chi connectivity index (χ4n) is 4.00. The van der Waals surface area contributed by atoms with Crippen molar-refractivity contribution < 1.29 is 14.3 Å². The number of hydrogen-bond donors (Lipinski definition) is 2. The van der Waals surface area contributed by atoms with Crippen LogP contribution in [-0.2, 0) is 14.3 Å². The molecule has 0 radical (unpaired) electrons. The highest BCUT2D eigenvalue weighted by Crippen LogP contribution is 2.57. The summed E-state index contributed by atoms with van der Waals surface area (Å²) >= 11 is 0. The van der Waals surface area contributed by atoms with Crippen molar-refractivity contribution in [3.8, 4) is 0 Å². The summed E-state index contributed by atoms with van der Waals surface area (Å²) in [6.07, 6.45) is 7.77. The van der Waals surface area contributed by atoms with Crippen LogP contribution in [0.4, 0.5) is 0 Å². The van der Waals surface area contributed by atoms with Crippen molar-refractivity contribution in [1.29, 1.82) is 0 Å². The van der Waals surface area contributed by atoms with Crippen LogP contribution in [0.15, 0.2) is 0 Å². The molecule has 3 fully saturated rings. The van der Waals surface area contributed by atoms with Gasteiger partial charge < -0.3 is 15.4 Å². The van der Waals surface area contributed by atoms with Gasteiger partial charge in [-0.3, -0.25) is 9.59 Å². The molecule has 0 aromatic heterocycles. The van der Waals surface area contributed by atoms with Crippen LogP contribution in [0.25, 0.3) is 0 Å². The summed E-state index contributed by atoms with van der Waals surface area (Å²) in [6.45, 7) is 4.54. The molecule has 5 heteroatoms. The lowest BCUT2D eigenvalue weighted by Gasteiger charge is -2.61. The van der Waals surface area contributed by atoms with Crippen LogP contribution in [0.3, 0.4) is 0 Å². The molecule has 0 aromatic carbocycles. The summed E-state index contributed by atoms with van der Waals surface area (Å²) in [5.41, 5.74) is 0.170. The third-order valence-electron chi connectivity index (χ3n) is 5.98. The minimum Gasteiger partial charge on any atom is -0.378 e. The lowest BCUT2D eigenvalue weighted by atomic mass is 9.51. The lowest BCUT2D eigenvalue weighted by molar-refractivity contribution is -0.176. The summed E-state index contributed by atoms with van der Waals surface area (Å²) in [5.74, 6) is 0.103. The van der Waals surface area contributed by atoms with Crippen molar-refractivity contribution in [3.63, 3.8) is 0 Å². The summed E-state index contributed by atoms with van der Waals surface area (Å²) in [4.78, 5) is 24.3. The maximum absolute atomic E-state index is 12.3. The highest BCUT2D eigenvalue weighted by molar-refractivity contribution is 5.88. The van der Waals surface area contributed by atoms with Gasteiger partial charge in [-0.1, -0.05) is 12.8 Å². The normalized spacial score (nSPS) is 30.6. The molecule has 0 unspecified atom stereocenters. The Morgan fingerprint density at radius 3 is 2.50 bits per heavy atom. The number of carbonyl (C=O) groups is 2. The van der Waals surface area contributed by atoms with Crippen molar-refractivity contribution >= 4 is 11.8 Å². The van der Waals surface area contributed by atoms with Gasteiger partial charge in [-0.15, -0.1) is 0 Å². The zero-order valence-electron chi connectivity index (χ0n) is 13.7. The van der Waals surface area contributed by atoms with Crippen molar-refractivity contribution in [1.82, 2.24) is 10.6 Å².